The van der Waals surface area contributed by atoms with Gasteiger partial charge in [0.2, 0.25) is 11.8 Å². The zero-order chi connectivity index (χ0) is 17.8. The van der Waals surface area contributed by atoms with Gasteiger partial charge in [-0.25, -0.2) is 0 Å². The number of nitrogens with zero attached hydrogens (tertiary/aromatic N) is 3. The fourth-order valence-corrected chi connectivity index (χ4v) is 3.41. The third kappa shape index (κ3) is 4.48. The minimum atomic E-state index is -0.278. The number of anilines is 1. The van der Waals surface area contributed by atoms with Crippen LogP contribution in [0.15, 0.2) is 12.1 Å². The van der Waals surface area contributed by atoms with Gasteiger partial charge in [-0.1, -0.05) is 6.42 Å². The molecular formula is C18H26N4O3. The van der Waals surface area contributed by atoms with Gasteiger partial charge in [0.15, 0.2) is 0 Å². The molecule has 2 amide bonds. The molecule has 0 radical (unpaired) electrons. The number of nitrogens with two attached hydrogens (primary N) is 1. The molecule has 0 bridgehead atoms. The number of morpholine rings is 1. The first-order chi connectivity index (χ1) is 12.0. The Bertz CT molecular complexity index is 629. The Labute approximate surface area is 148 Å². The summed E-state index contributed by atoms with van der Waals surface area (Å²) in [5.74, 6) is 0.0629. The van der Waals surface area contributed by atoms with Crippen LogP contribution in [0.25, 0.3) is 0 Å². The summed E-state index contributed by atoms with van der Waals surface area (Å²) in [4.78, 5) is 32.7. The molecule has 7 nitrogen and oxygen atoms in total. The third-order valence-electron chi connectivity index (χ3n) is 4.74. The van der Waals surface area contributed by atoms with Crippen molar-refractivity contribution in [3.8, 4) is 0 Å². The lowest BCUT2D eigenvalue weighted by molar-refractivity contribution is -0.145. The second-order valence-corrected chi connectivity index (χ2v) is 6.79. The summed E-state index contributed by atoms with van der Waals surface area (Å²) >= 11 is 0. The van der Waals surface area contributed by atoms with Crippen molar-refractivity contribution >= 4 is 17.5 Å². The van der Waals surface area contributed by atoms with Gasteiger partial charge in [-0.05, 0) is 31.9 Å². The number of amides is 2. The molecule has 0 saturated carbocycles. The second kappa shape index (κ2) is 7.82. The van der Waals surface area contributed by atoms with E-state index < -0.39 is 0 Å². The highest BCUT2D eigenvalue weighted by Crippen LogP contribution is 2.23. The lowest BCUT2D eigenvalue weighted by atomic mass is 10.1. The highest BCUT2D eigenvalue weighted by molar-refractivity contribution is 5.85. The first-order valence-corrected chi connectivity index (χ1v) is 8.94. The molecule has 0 aromatic carbocycles. The molecular weight excluding hydrogens is 320 g/mol. The van der Waals surface area contributed by atoms with E-state index >= 15 is 0 Å². The predicted octanol–water partition coefficient (Wildman–Crippen LogP) is 1.27. The summed E-state index contributed by atoms with van der Waals surface area (Å²) in [6.45, 7) is 4.16. The Morgan fingerprint density at radius 2 is 2.16 bits per heavy atom. The van der Waals surface area contributed by atoms with E-state index in [0.717, 1.165) is 30.7 Å². The van der Waals surface area contributed by atoms with Crippen LogP contribution in [0.4, 0.5) is 5.69 Å². The molecule has 2 saturated heterocycles. The topological polar surface area (TPSA) is 88.8 Å². The van der Waals surface area contributed by atoms with Gasteiger partial charge in [0.25, 0.3) is 0 Å². The molecule has 2 aliphatic rings. The third-order valence-corrected chi connectivity index (χ3v) is 4.74. The molecule has 0 aliphatic carbocycles. The zero-order valence-corrected chi connectivity index (χ0v) is 14.7. The van der Waals surface area contributed by atoms with Crippen LogP contribution in [0, 0.1) is 6.92 Å². The first-order valence-electron chi connectivity index (χ1n) is 8.94. The molecule has 0 unspecified atom stereocenters. The number of hydrogen-bond donors (Lipinski definition) is 1. The summed E-state index contributed by atoms with van der Waals surface area (Å²) in [7, 11) is 0. The number of ether oxygens (including phenoxy) is 1. The monoisotopic (exact) mass is 346 g/mol. The SMILES string of the molecule is Cc1cc(N)cc([C@@H]2CN(C(=O)CN3CCCCCC3=O)CCO2)n1. The van der Waals surface area contributed by atoms with Crippen molar-refractivity contribution in [1.82, 2.24) is 14.8 Å². The standard InChI is InChI=1S/C18H26N4O3/c1-13-9-14(19)10-15(20-13)16-11-22(7-8-25-16)18(24)12-21-6-4-2-3-5-17(21)23/h9-10,16H,2-8,11-12H2,1H3,(H2,19,20)/t16-/m0/s1. The van der Waals surface area contributed by atoms with Crippen LogP contribution in [0.3, 0.4) is 0 Å². The van der Waals surface area contributed by atoms with Crippen LogP contribution in [0.2, 0.25) is 0 Å². The van der Waals surface area contributed by atoms with Crippen LogP contribution >= 0.6 is 0 Å². The van der Waals surface area contributed by atoms with E-state index in [2.05, 4.69) is 4.98 Å². The van der Waals surface area contributed by atoms with Gasteiger partial charge in [0.05, 0.1) is 25.4 Å². The molecule has 0 spiro atoms. The van der Waals surface area contributed by atoms with E-state index in [-0.39, 0.29) is 24.5 Å². The van der Waals surface area contributed by atoms with Crippen molar-refractivity contribution in [3.05, 3.63) is 23.5 Å². The quantitative estimate of drug-likeness (QED) is 0.890. The zero-order valence-electron chi connectivity index (χ0n) is 14.7. The fraction of sp³-hybridized carbons (Fsp3) is 0.611. The first kappa shape index (κ1) is 17.7. The number of aromatic nitrogens is 1. The summed E-state index contributed by atoms with van der Waals surface area (Å²) in [6, 6.07) is 3.60. The number of hydrogen-bond acceptors (Lipinski definition) is 5. The van der Waals surface area contributed by atoms with Crippen molar-refractivity contribution in [2.75, 3.05) is 38.5 Å². The average molecular weight is 346 g/mol. The molecule has 1 aromatic rings. The van der Waals surface area contributed by atoms with Crippen molar-refractivity contribution in [2.45, 2.75) is 38.7 Å². The summed E-state index contributed by atoms with van der Waals surface area (Å²) in [5.41, 5.74) is 8.12. The van der Waals surface area contributed by atoms with Crippen LogP contribution in [-0.4, -0.2) is 59.4 Å². The number of nitrogen functional groups attached to an aromatic ring is 1. The molecule has 2 N–H and O–H groups in total. The highest BCUT2D eigenvalue weighted by Gasteiger charge is 2.28. The molecule has 1 aromatic heterocycles. The largest absolute Gasteiger partial charge is 0.399 e. The van der Waals surface area contributed by atoms with E-state index in [1.165, 1.54) is 0 Å². The predicted molar refractivity (Wildman–Crippen MR) is 93.7 cm³/mol. The summed E-state index contributed by atoms with van der Waals surface area (Å²) in [5, 5.41) is 0. The lowest BCUT2D eigenvalue weighted by Gasteiger charge is -2.34. The Morgan fingerprint density at radius 3 is 2.96 bits per heavy atom. The number of carbonyl (C=O) groups is 2. The average Bonchev–Trinajstić information content (AvgIpc) is 2.79. The Kier molecular flexibility index (Phi) is 5.53. The molecule has 2 aliphatic heterocycles. The van der Waals surface area contributed by atoms with Crippen LogP contribution in [-0.2, 0) is 14.3 Å². The van der Waals surface area contributed by atoms with E-state index in [1.807, 2.05) is 6.92 Å². The molecule has 25 heavy (non-hydrogen) atoms. The van der Waals surface area contributed by atoms with Gasteiger partial charge in [-0.15, -0.1) is 0 Å². The van der Waals surface area contributed by atoms with Crippen LogP contribution in [0.5, 0.6) is 0 Å². The maximum absolute atomic E-state index is 12.7. The van der Waals surface area contributed by atoms with E-state index in [9.17, 15) is 9.59 Å². The minimum Gasteiger partial charge on any atom is -0.399 e. The highest BCUT2D eigenvalue weighted by atomic mass is 16.5. The summed E-state index contributed by atoms with van der Waals surface area (Å²) < 4.78 is 5.79. The molecule has 2 fully saturated rings. The molecule has 7 heteroatoms. The van der Waals surface area contributed by atoms with E-state index in [0.29, 0.717) is 38.3 Å². The number of likely N-dealkylation sites (tertiary alicyclic amines) is 1. The number of carbonyl (C=O) groups excluding carboxylic acids is 2. The van der Waals surface area contributed by atoms with Crippen LogP contribution in [0.1, 0.15) is 43.2 Å². The van der Waals surface area contributed by atoms with E-state index in [4.69, 9.17) is 10.5 Å². The molecule has 136 valence electrons. The van der Waals surface area contributed by atoms with Gasteiger partial charge < -0.3 is 20.3 Å². The number of aryl methyl sites for hydroxylation is 1. The van der Waals surface area contributed by atoms with Crippen molar-refractivity contribution in [1.29, 1.82) is 0 Å². The van der Waals surface area contributed by atoms with Crippen molar-refractivity contribution in [2.24, 2.45) is 0 Å². The normalized spacial score (nSPS) is 22.0. The lowest BCUT2D eigenvalue weighted by Crippen LogP contribution is -2.48. The number of rotatable bonds is 3. The summed E-state index contributed by atoms with van der Waals surface area (Å²) in [6.07, 6.45) is 3.21. The van der Waals surface area contributed by atoms with Gasteiger partial charge in [-0.2, -0.15) is 0 Å². The molecule has 1 atom stereocenters. The van der Waals surface area contributed by atoms with Crippen molar-refractivity contribution < 1.29 is 14.3 Å². The Hall–Kier alpha value is -2.15. The second-order valence-electron chi connectivity index (χ2n) is 6.79. The van der Waals surface area contributed by atoms with E-state index in [1.54, 1.807) is 21.9 Å². The Morgan fingerprint density at radius 1 is 1.32 bits per heavy atom. The van der Waals surface area contributed by atoms with Crippen molar-refractivity contribution in [3.63, 3.8) is 0 Å². The number of pyridine rings is 1. The smallest absolute Gasteiger partial charge is 0.242 e. The van der Waals surface area contributed by atoms with Gasteiger partial charge >= 0.3 is 0 Å². The molecule has 3 rings (SSSR count). The van der Waals surface area contributed by atoms with Gasteiger partial charge in [0.1, 0.15) is 6.10 Å². The maximum Gasteiger partial charge on any atom is 0.242 e. The minimum absolute atomic E-state index is 0.0239. The molecule has 3 heterocycles. The van der Waals surface area contributed by atoms with Gasteiger partial charge in [0, 0.05) is 30.9 Å². The van der Waals surface area contributed by atoms with Crippen LogP contribution < -0.4 is 5.73 Å². The maximum atomic E-state index is 12.7. The Balaban J connectivity index is 1.64. The van der Waals surface area contributed by atoms with Gasteiger partial charge in [-0.3, -0.25) is 14.6 Å². The fourth-order valence-electron chi connectivity index (χ4n) is 3.41.